The maximum absolute atomic E-state index is 12.2. The van der Waals surface area contributed by atoms with Gasteiger partial charge in [0.1, 0.15) is 11.0 Å². The van der Waals surface area contributed by atoms with Crippen molar-refractivity contribution in [2.45, 2.75) is 4.90 Å². The predicted octanol–water partition coefficient (Wildman–Crippen LogP) is 3.12. The highest BCUT2D eigenvalue weighted by molar-refractivity contribution is 9.10. The number of anilines is 1. The van der Waals surface area contributed by atoms with Crippen LogP contribution in [0, 0.1) is 11.3 Å². The van der Waals surface area contributed by atoms with Gasteiger partial charge in [0.15, 0.2) is 0 Å². The first-order valence-corrected chi connectivity index (χ1v) is 7.59. The Kier molecular flexibility index (Phi) is 3.88. The van der Waals surface area contributed by atoms with Crippen molar-refractivity contribution in [2.24, 2.45) is 0 Å². The second-order valence-electron chi connectivity index (χ2n) is 3.69. The largest absolute Gasteiger partial charge is 0.278 e. The van der Waals surface area contributed by atoms with Gasteiger partial charge in [-0.15, -0.1) is 0 Å². The van der Waals surface area contributed by atoms with Crippen LogP contribution in [0.1, 0.15) is 5.56 Å². The van der Waals surface area contributed by atoms with Gasteiger partial charge in [0.25, 0.3) is 10.0 Å². The average Bonchev–Trinajstić information content (AvgIpc) is 2.39. The zero-order chi connectivity index (χ0) is 13.9. The molecule has 2 aromatic carbocycles. The molecule has 0 aliphatic heterocycles. The van der Waals surface area contributed by atoms with E-state index in [2.05, 4.69) is 20.7 Å². The Morgan fingerprint density at radius 1 is 1.05 bits per heavy atom. The number of hydrogen-bond donors (Lipinski definition) is 1. The molecule has 0 atom stereocenters. The summed E-state index contributed by atoms with van der Waals surface area (Å²) in [6.07, 6.45) is 0. The van der Waals surface area contributed by atoms with Crippen LogP contribution in [0.2, 0.25) is 0 Å². The van der Waals surface area contributed by atoms with E-state index in [0.717, 1.165) is 0 Å². The summed E-state index contributed by atoms with van der Waals surface area (Å²) in [5.41, 5.74) is 0.541. The third-order valence-corrected chi connectivity index (χ3v) is 4.80. The fourth-order valence-electron chi connectivity index (χ4n) is 1.53. The summed E-state index contributed by atoms with van der Waals surface area (Å²) in [5, 5.41) is 8.95. The Morgan fingerprint density at radius 3 is 2.37 bits per heavy atom. The Morgan fingerprint density at radius 2 is 1.68 bits per heavy atom. The second-order valence-corrected chi connectivity index (χ2v) is 6.20. The van der Waals surface area contributed by atoms with Crippen LogP contribution in [-0.2, 0) is 10.0 Å². The van der Waals surface area contributed by atoms with Gasteiger partial charge in [-0.1, -0.05) is 24.3 Å². The van der Waals surface area contributed by atoms with Gasteiger partial charge in [0.2, 0.25) is 0 Å². The number of halogens is 1. The van der Waals surface area contributed by atoms with Crippen molar-refractivity contribution in [1.29, 1.82) is 5.26 Å². The van der Waals surface area contributed by atoms with Crippen LogP contribution in [0.4, 0.5) is 5.69 Å². The Labute approximate surface area is 119 Å². The summed E-state index contributed by atoms with van der Waals surface area (Å²) in [4.78, 5) is 0.128. The van der Waals surface area contributed by atoms with E-state index >= 15 is 0 Å². The van der Waals surface area contributed by atoms with E-state index in [9.17, 15) is 8.42 Å². The van der Waals surface area contributed by atoms with E-state index in [4.69, 9.17) is 5.26 Å². The maximum atomic E-state index is 12.2. The third kappa shape index (κ3) is 2.95. The molecule has 0 saturated carbocycles. The normalized spacial score (nSPS) is 10.7. The summed E-state index contributed by atoms with van der Waals surface area (Å²) in [6, 6.07) is 14.9. The van der Waals surface area contributed by atoms with E-state index in [1.54, 1.807) is 42.5 Å². The first-order valence-electron chi connectivity index (χ1n) is 5.31. The van der Waals surface area contributed by atoms with Crippen LogP contribution >= 0.6 is 15.9 Å². The van der Waals surface area contributed by atoms with Crippen molar-refractivity contribution in [2.75, 3.05) is 4.72 Å². The third-order valence-electron chi connectivity index (χ3n) is 2.42. The lowest BCUT2D eigenvalue weighted by atomic mass is 10.2. The van der Waals surface area contributed by atoms with Gasteiger partial charge in [0, 0.05) is 4.47 Å². The van der Waals surface area contributed by atoms with E-state index in [1.165, 1.54) is 6.07 Å². The molecule has 0 heterocycles. The zero-order valence-corrected chi connectivity index (χ0v) is 12.1. The van der Waals surface area contributed by atoms with E-state index in [0.29, 0.717) is 4.47 Å². The molecule has 0 aliphatic rings. The molecule has 0 fully saturated rings. The molecule has 2 aromatic rings. The van der Waals surface area contributed by atoms with Crippen LogP contribution in [0.5, 0.6) is 0 Å². The van der Waals surface area contributed by atoms with Gasteiger partial charge in [-0.05, 0) is 40.2 Å². The van der Waals surface area contributed by atoms with Crippen molar-refractivity contribution >= 4 is 31.6 Å². The summed E-state index contributed by atoms with van der Waals surface area (Å²) >= 11 is 3.20. The van der Waals surface area contributed by atoms with Crippen molar-refractivity contribution in [3.05, 3.63) is 58.6 Å². The molecule has 0 unspecified atom stereocenters. The van der Waals surface area contributed by atoms with Gasteiger partial charge in [-0.2, -0.15) is 5.26 Å². The highest BCUT2D eigenvalue weighted by atomic mass is 79.9. The highest BCUT2D eigenvalue weighted by Crippen LogP contribution is 2.24. The number of hydrogen-bond acceptors (Lipinski definition) is 3. The molecule has 0 aromatic heterocycles. The Bertz CT molecular complexity index is 751. The molecular formula is C13H9BrN2O2S. The average molecular weight is 337 g/mol. The first kappa shape index (κ1) is 13.6. The van der Waals surface area contributed by atoms with Gasteiger partial charge in [-0.3, -0.25) is 4.72 Å². The lowest BCUT2D eigenvalue weighted by molar-refractivity contribution is 0.600. The van der Waals surface area contributed by atoms with E-state index in [-0.39, 0.29) is 16.1 Å². The minimum Gasteiger partial charge on any atom is -0.278 e. The minimum atomic E-state index is -3.72. The van der Waals surface area contributed by atoms with Crippen molar-refractivity contribution in [3.8, 4) is 6.07 Å². The second kappa shape index (κ2) is 5.43. The molecule has 0 amide bonds. The zero-order valence-electron chi connectivity index (χ0n) is 9.67. The fourth-order valence-corrected chi connectivity index (χ4v) is 3.62. The molecule has 1 N–H and O–H groups in total. The SMILES string of the molecule is N#Cc1ccccc1NS(=O)(=O)c1ccccc1Br. The number of sulfonamides is 1. The number of rotatable bonds is 3. The number of benzene rings is 2. The summed E-state index contributed by atoms with van der Waals surface area (Å²) < 4.78 is 27.4. The quantitative estimate of drug-likeness (QED) is 0.935. The molecule has 0 spiro atoms. The van der Waals surface area contributed by atoms with Gasteiger partial charge in [-0.25, -0.2) is 8.42 Å². The molecule has 0 radical (unpaired) electrons. The van der Waals surface area contributed by atoms with Crippen LogP contribution in [0.3, 0.4) is 0 Å². The highest BCUT2D eigenvalue weighted by Gasteiger charge is 2.18. The van der Waals surface area contributed by atoms with Crippen LogP contribution in [-0.4, -0.2) is 8.42 Å². The van der Waals surface area contributed by atoms with Gasteiger partial charge >= 0.3 is 0 Å². The summed E-state index contributed by atoms with van der Waals surface area (Å²) in [6.45, 7) is 0. The first-order chi connectivity index (χ1) is 9.04. The summed E-state index contributed by atoms with van der Waals surface area (Å²) in [5.74, 6) is 0. The molecule has 2 rings (SSSR count). The Balaban J connectivity index is 2.44. The Hall–Kier alpha value is -1.84. The van der Waals surface area contributed by atoms with Gasteiger partial charge in [0.05, 0.1) is 11.3 Å². The van der Waals surface area contributed by atoms with Crippen LogP contribution < -0.4 is 4.72 Å². The molecule has 4 nitrogen and oxygen atoms in total. The maximum Gasteiger partial charge on any atom is 0.263 e. The number of para-hydroxylation sites is 1. The minimum absolute atomic E-state index is 0.128. The monoisotopic (exact) mass is 336 g/mol. The molecular weight excluding hydrogens is 328 g/mol. The predicted molar refractivity (Wildman–Crippen MR) is 76.1 cm³/mol. The van der Waals surface area contributed by atoms with Crippen molar-refractivity contribution < 1.29 is 8.42 Å². The van der Waals surface area contributed by atoms with E-state index < -0.39 is 10.0 Å². The van der Waals surface area contributed by atoms with Crippen molar-refractivity contribution in [1.82, 2.24) is 0 Å². The molecule has 19 heavy (non-hydrogen) atoms. The van der Waals surface area contributed by atoms with Crippen molar-refractivity contribution in [3.63, 3.8) is 0 Å². The molecule has 6 heteroatoms. The lowest BCUT2D eigenvalue weighted by Gasteiger charge is -2.10. The number of nitrogens with one attached hydrogen (secondary N) is 1. The smallest absolute Gasteiger partial charge is 0.263 e. The summed E-state index contributed by atoms with van der Waals surface area (Å²) in [7, 11) is -3.72. The van der Waals surface area contributed by atoms with Gasteiger partial charge < -0.3 is 0 Å². The molecule has 0 aliphatic carbocycles. The standard InChI is InChI=1S/C13H9BrN2O2S/c14-11-6-2-4-8-13(11)19(17,18)16-12-7-3-1-5-10(12)9-15/h1-8,16H. The topological polar surface area (TPSA) is 70.0 Å². The molecule has 0 saturated heterocycles. The fraction of sp³-hybridized carbons (Fsp3) is 0. The van der Waals surface area contributed by atoms with Crippen LogP contribution in [0.15, 0.2) is 57.9 Å². The lowest BCUT2D eigenvalue weighted by Crippen LogP contribution is -2.14. The molecule has 96 valence electrons. The van der Waals surface area contributed by atoms with E-state index in [1.807, 2.05) is 6.07 Å². The number of nitrogens with zero attached hydrogens (tertiary/aromatic N) is 1. The number of nitriles is 1. The van der Waals surface area contributed by atoms with Crippen LogP contribution in [0.25, 0.3) is 0 Å². The molecule has 0 bridgehead atoms.